The summed E-state index contributed by atoms with van der Waals surface area (Å²) in [6.07, 6.45) is 4.67. The summed E-state index contributed by atoms with van der Waals surface area (Å²) >= 11 is 0. The van der Waals surface area contributed by atoms with E-state index in [1.54, 1.807) is 23.1 Å². The molecule has 4 rings (SSSR count). The van der Waals surface area contributed by atoms with Crippen LogP contribution in [0.4, 0.5) is 5.69 Å². The lowest BCUT2D eigenvalue weighted by molar-refractivity contribution is -0.384. The van der Waals surface area contributed by atoms with Gasteiger partial charge in [-0.2, -0.15) is 0 Å². The molecule has 1 fully saturated rings. The van der Waals surface area contributed by atoms with E-state index in [0.717, 1.165) is 29.8 Å². The van der Waals surface area contributed by atoms with Crippen LogP contribution in [-0.2, 0) is 4.79 Å². The average molecular weight is 377 g/mol. The molecule has 3 aromatic rings. The number of amides is 1. The van der Waals surface area contributed by atoms with Crippen LogP contribution < -0.4 is 0 Å². The van der Waals surface area contributed by atoms with E-state index in [2.05, 4.69) is 4.98 Å². The third kappa shape index (κ3) is 3.78. The molecule has 0 unspecified atom stereocenters. The van der Waals surface area contributed by atoms with Crippen molar-refractivity contribution >= 4 is 28.8 Å². The van der Waals surface area contributed by atoms with Crippen molar-refractivity contribution in [3.63, 3.8) is 0 Å². The predicted octanol–water partition coefficient (Wildman–Crippen LogP) is 4.16. The number of fused-ring (bicyclic) bond motifs is 1. The second-order valence-electron chi connectivity index (χ2n) is 6.80. The zero-order valence-electron chi connectivity index (χ0n) is 15.2. The summed E-state index contributed by atoms with van der Waals surface area (Å²) in [5.74, 6) is 0.847. The summed E-state index contributed by atoms with van der Waals surface area (Å²) in [5, 5.41) is 10.8. The zero-order chi connectivity index (χ0) is 19.5. The van der Waals surface area contributed by atoms with E-state index in [1.165, 1.54) is 18.2 Å². The van der Waals surface area contributed by atoms with Crippen molar-refractivity contribution in [3.05, 3.63) is 76.2 Å². The zero-order valence-corrected chi connectivity index (χ0v) is 15.2. The highest BCUT2D eigenvalue weighted by molar-refractivity contribution is 5.92. The first-order valence-corrected chi connectivity index (χ1v) is 9.17. The van der Waals surface area contributed by atoms with Crippen molar-refractivity contribution in [2.45, 2.75) is 18.8 Å². The minimum absolute atomic E-state index is 0.00810. The molecular formula is C21H19N3O4. The average Bonchev–Trinajstić information content (AvgIpc) is 3.16. The number of oxazole rings is 1. The molecule has 0 radical (unpaired) electrons. The number of piperidine rings is 1. The molecule has 0 spiro atoms. The summed E-state index contributed by atoms with van der Waals surface area (Å²) in [6, 6.07) is 13.9. The molecule has 1 amide bonds. The van der Waals surface area contributed by atoms with Gasteiger partial charge in [0.25, 0.3) is 5.69 Å². The van der Waals surface area contributed by atoms with Crippen molar-refractivity contribution in [2.75, 3.05) is 13.1 Å². The first kappa shape index (κ1) is 17.9. The lowest BCUT2D eigenvalue weighted by atomic mass is 9.96. The quantitative estimate of drug-likeness (QED) is 0.387. The maximum atomic E-state index is 12.4. The molecule has 1 saturated heterocycles. The number of para-hydroxylation sites is 2. The number of benzene rings is 2. The highest BCUT2D eigenvalue weighted by Crippen LogP contribution is 2.30. The van der Waals surface area contributed by atoms with Gasteiger partial charge in [0, 0.05) is 37.2 Å². The molecule has 7 heteroatoms. The molecule has 142 valence electrons. The van der Waals surface area contributed by atoms with E-state index in [9.17, 15) is 14.9 Å². The fourth-order valence-corrected chi connectivity index (χ4v) is 3.43. The number of hydrogen-bond donors (Lipinski definition) is 0. The Morgan fingerprint density at radius 1 is 1.18 bits per heavy atom. The van der Waals surface area contributed by atoms with Gasteiger partial charge in [0.05, 0.1) is 4.92 Å². The number of non-ortho nitro benzene ring substituents is 1. The molecule has 1 aliphatic rings. The lowest BCUT2D eigenvalue weighted by Gasteiger charge is -2.29. The Kier molecular flexibility index (Phi) is 4.89. The van der Waals surface area contributed by atoms with Crippen LogP contribution in [0.1, 0.15) is 30.2 Å². The molecule has 2 aromatic carbocycles. The predicted molar refractivity (Wildman–Crippen MR) is 105 cm³/mol. The maximum absolute atomic E-state index is 12.4. The van der Waals surface area contributed by atoms with Crippen molar-refractivity contribution in [2.24, 2.45) is 0 Å². The summed E-state index contributed by atoms with van der Waals surface area (Å²) in [5.41, 5.74) is 2.28. The van der Waals surface area contributed by atoms with Gasteiger partial charge >= 0.3 is 0 Å². The lowest BCUT2D eigenvalue weighted by Crippen LogP contribution is -2.36. The van der Waals surface area contributed by atoms with Crippen LogP contribution in [0.15, 0.2) is 59.0 Å². The highest BCUT2D eigenvalue weighted by Gasteiger charge is 2.26. The standard InChI is InChI=1S/C21H19N3O4/c25-20(9-8-15-4-3-5-17(14-15)24(26)27)23-12-10-16(11-13-23)21-22-18-6-1-2-7-19(18)28-21/h1-9,14,16H,10-13H2/b9-8+. The normalized spacial score (nSPS) is 15.4. The second kappa shape index (κ2) is 7.64. The fraction of sp³-hybridized carbons (Fsp3) is 0.238. The summed E-state index contributed by atoms with van der Waals surface area (Å²) in [7, 11) is 0. The smallest absolute Gasteiger partial charge is 0.270 e. The Morgan fingerprint density at radius 2 is 1.96 bits per heavy atom. The third-order valence-corrected chi connectivity index (χ3v) is 4.97. The summed E-state index contributed by atoms with van der Waals surface area (Å²) in [6.45, 7) is 1.25. The molecule has 0 N–H and O–H groups in total. The van der Waals surface area contributed by atoms with Crippen LogP contribution >= 0.6 is 0 Å². The van der Waals surface area contributed by atoms with Crippen molar-refractivity contribution in [1.29, 1.82) is 0 Å². The molecule has 0 saturated carbocycles. The Morgan fingerprint density at radius 3 is 2.71 bits per heavy atom. The number of likely N-dealkylation sites (tertiary alicyclic amines) is 1. The van der Waals surface area contributed by atoms with E-state index in [0.29, 0.717) is 18.7 Å². The number of nitro benzene ring substituents is 1. The topological polar surface area (TPSA) is 89.5 Å². The van der Waals surface area contributed by atoms with Gasteiger partial charge in [-0.3, -0.25) is 14.9 Å². The summed E-state index contributed by atoms with van der Waals surface area (Å²) in [4.78, 5) is 29.2. The Labute approximate surface area is 161 Å². The van der Waals surface area contributed by atoms with Gasteiger partial charge < -0.3 is 9.32 Å². The molecule has 0 atom stereocenters. The van der Waals surface area contributed by atoms with Gasteiger partial charge in [0.15, 0.2) is 11.5 Å². The van der Waals surface area contributed by atoms with Gasteiger partial charge in [-0.15, -0.1) is 0 Å². The highest BCUT2D eigenvalue weighted by atomic mass is 16.6. The SMILES string of the molecule is O=C(/C=C/c1cccc([N+](=O)[O-])c1)N1CCC(c2nc3ccccc3o2)CC1. The Bertz CT molecular complexity index is 1020. The number of nitrogens with zero attached hydrogens (tertiary/aromatic N) is 3. The monoisotopic (exact) mass is 377 g/mol. The van der Waals surface area contributed by atoms with E-state index < -0.39 is 4.92 Å². The number of nitro groups is 1. The molecule has 1 aliphatic heterocycles. The van der Waals surface area contributed by atoms with Crippen molar-refractivity contribution < 1.29 is 14.1 Å². The second-order valence-corrected chi connectivity index (χ2v) is 6.80. The Hall–Kier alpha value is -3.48. The number of carbonyl (C=O) groups excluding carboxylic acids is 1. The fourth-order valence-electron chi connectivity index (χ4n) is 3.43. The van der Waals surface area contributed by atoms with Crippen LogP contribution in [-0.4, -0.2) is 33.8 Å². The number of rotatable bonds is 4. The van der Waals surface area contributed by atoms with Gasteiger partial charge in [0.2, 0.25) is 5.91 Å². The van der Waals surface area contributed by atoms with Crippen LogP contribution in [0, 0.1) is 10.1 Å². The summed E-state index contributed by atoms with van der Waals surface area (Å²) < 4.78 is 5.86. The van der Waals surface area contributed by atoms with Crippen LogP contribution in [0.2, 0.25) is 0 Å². The van der Waals surface area contributed by atoms with Crippen LogP contribution in [0.25, 0.3) is 17.2 Å². The first-order chi connectivity index (χ1) is 13.6. The van der Waals surface area contributed by atoms with E-state index >= 15 is 0 Å². The van der Waals surface area contributed by atoms with E-state index in [1.807, 2.05) is 24.3 Å². The molecule has 28 heavy (non-hydrogen) atoms. The maximum Gasteiger partial charge on any atom is 0.270 e. The van der Waals surface area contributed by atoms with Gasteiger partial charge in [-0.25, -0.2) is 4.98 Å². The third-order valence-electron chi connectivity index (χ3n) is 4.97. The molecule has 2 heterocycles. The van der Waals surface area contributed by atoms with E-state index in [-0.39, 0.29) is 17.5 Å². The number of hydrogen-bond acceptors (Lipinski definition) is 5. The van der Waals surface area contributed by atoms with Gasteiger partial charge in [-0.1, -0.05) is 24.3 Å². The van der Waals surface area contributed by atoms with Crippen LogP contribution in [0.3, 0.4) is 0 Å². The van der Waals surface area contributed by atoms with Gasteiger partial charge in [0.1, 0.15) is 5.52 Å². The molecule has 0 aliphatic carbocycles. The minimum Gasteiger partial charge on any atom is -0.440 e. The number of carbonyl (C=O) groups is 1. The Balaban J connectivity index is 1.37. The molecule has 0 bridgehead atoms. The number of aromatic nitrogens is 1. The first-order valence-electron chi connectivity index (χ1n) is 9.17. The molecular weight excluding hydrogens is 358 g/mol. The molecule has 7 nitrogen and oxygen atoms in total. The van der Waals surface area contributed by atoms with Crippen LogP contribution in [0.5, 0.6) is 0 Å². The van der Waals surface area contributed by atoms with Gasteiger partial charge in [-0.05, 0) is 36.6 Å². The minimum atomic E-state index is -0.448. The van der Waals surface area contributed by atoms with Crippen molar-refractivity contribution in [1.82, 2.24) is 9.88 Å². The molecule has 1 aromatic heterocycles. The van der Waals surface area contributed by atoms with Crippen molar-refractivity contribution in [3.8, 4) is 0 Å². The van der Waals surface area contributed by atoms with E-state index in [4.69, 9.17) is 4.42 Å². The largest absolute Gasteiger partial charge is 0.440 e.